The van der Waals surface area contributed by atoms with Gasteiger partial charge in [0.15, 0.2) is 11.5 Å². The van der Waals surface area contributed by atoms with Crippen LogP contribution in [0, 0.1) is 0 Å². The molecule has 2 rings (SSSR count). The fourth-order valence-corrected chi connectivity index (χ4v) is 1.13. The van der Waals surface area contributed by atoms with Gasteiger partial charge in [-0.25, -0.2) is 4.98 Å². The van der Waals surface area contributed by atoms with E-state index in [0.29, 0.717) is 5.69 Å². The molecule has 3 nitrogen and oxygen atoms in total. The van der Waals surface area contributed by atoms with Gasteiger partial charge in [0.25, 0.3) is 0 Å². The van der Waals surface area contributed by atoms with E-state index in [0.717, 1.165) is 23.4 Å². The zero-order valence-corrected chi connectivity index (χ0v) is 6.79. The zero-order valence-electron chi connectivity index (χ0n) is 6.79. The average molecular weight is 161 g/mol. The molecule has 0 bridgehead atoms. The molecule has 1 heterocycles. The monoisotopic (exact) mass is 161 g/mol. The highest BCUT2D eigenvalue weighted by atomic mass is 16.3. The Balaban J connectivity index is 2.67. The molecule has 1 radical (unpaired) electrons. The SMILES string of the molecule is CCc1nc2cc([NH])ccc2o1. The number of hydrogen-bond acceptors (Lipinski definition) is 2. The summed E-state index contributed by atoms with van der Waals surface area (Å²) >= 11 is 0. The molecule has 61 valence electrons. The van der Waals surface area contributed by atoms with Crippen molar-refractivity contribution in [2.45, 2.75) is 13.3 Å². The number of rotatable bonds is 1. The van der Waals surface area contributed by atoms with Crippen LogP contribution in [-0.2, 0) is 6.42 Å². The summed E-state index contributed by atoms with van der Waals surface area (Å²) in [6, 6.07) is 5.19. The Bertz CT molecular complexity index is 406. The zero-order chi connectivity index (χ0) is 8.55. The largest absolute Gasteiger partial charge is 0.441 e. The van der Waals surface area contributed by atoms with Crippen molar-refractivity contribution in [1.29, 1.82) is 0 Å². The molecule has 0 spiro atoms. The van der Waals surface area contributed by atoms with Crippen molar-refractivity contribution in [1.82, 2.24) is 10.7 Å². The second-order valence-electron chi connectivity index (χ2n) is 2.64. The lowest BCUT2D eigenvalue weighted by atomic mass is 10.3. The van der Waals surface area contributed by atoms with Crippen LogP contribution in [-0.4, -0.2) is 4.98 Å². The van der Waals surface area contributed by atoms with Crippen molar-refractivity contribution in [3.05, 3.63) is 24.1 Å². The molecule has 2 aromatic rings. The molecule has 0 amide bonds. The molecule has 3 heteroatoms. The van der Waals surface area contributed by atoms with Crippen LogP contribution >= 0.6 is 0 Å². The number of fused-ring (bicyclic) bond motifs is 1. The fourth-order valence-electron chi connectivity index (χ4n) is 1.13. The maximum atomic E-state index is 7.36. The highest BCUT2D eigenvalue weighted by Gasteiger charge is 2.02. The Hall–Kier alpha value is -1.51. The second kappa shape index (κ2) is 2.52. The Labute approximate surface area is 70.2 Å². The number of hydrogen-bond donors (Lipinski definition) is 0. The second-order valence-corrected chi connectivity index (χ2v) is 2.64. The van der Waals surface area contributed by atoms with E-state index in [9.17, 15) is 0 Å². The quantitative estimate of drug-likeness (QED) is 0.644. The van der Waals surface area contributed by atoms with E-state index >= 15 is 0 Å². The third kappa shape index (κ3) is 1.03. The molecule has 0 unspecified atom stereocenters. The lowest BCUT2D eigenvalue weighted by Crippen LogP contribution is -1.75. The maximum Gasteiger partial charge on any atom is 0.195 e. The molecular formula is C9H9N2O. The number of oxazole rings is 1. The number of benzene rings is 1. The van der Waals surface area contributed by atoms with Crippen LogP contribution in [0.3, 0.4) is 0 Å². The van der Waals surface area contributed by atoms with Crippen LogP contribution in [0.15, 0.2) is 22.6 Å². The predicted molar refractivity (Wildman–Crippen MR) is 46.1 cm³/mol. The fraction of sp³-hybridized carbons (Fsp3) is 0.222. The van der Waals surface area contributed by atoms with Crippen molar-refractivity contribution >= 4 is 16.8 Å². The Morgan fingerprint density at radius 2 is 2.33 bits per heavy atom. The molecule has 0 fully saturated rings. The van der Waals surface area contributed by atoms with E-state index in [1.165, 1.54) is 0 Å². The highest BCUT2D eigenvalue weighted by Crippen LogP contribution is 2.18. The lowest BCUT2D eigenvalue weighted by Gasteiger charge is -1.86. The minimum atomic E-state index is 0.471. The van der Waals surface area contributed by atoms with Crippen LogP contribution < -0.4 is 5.73 Å². The molecule has 0 aliphatic rings. The summed E-state index contributed by atoms with van der Waals surface area (Å²) < 4.78 is 5.38. The average Bonchev–Trinajstić information content (AvgIpc) is 2.46. The summed E-state index contributed by atoms with van der Waals surface area (Å²) in [5.41, 5.74) is 9.38. The number of aromatic nitrogens is 1. The van der Waals surface area contributed by atoms with Gasteiger partial charge in [-0.3, -0.25) is 0 Å². The van der Waals surface area contributed by atoms with Gasteiger partial charge >= 0.3 is 0 Å². The van der Waals surface area contributed by atoms with Crippen LogP contribution in [0.25, 0.3) is 11.1 Å². The van der Waals surface area contributed by atoms with Crippen LogP contribution in [0.2, 0.25) is 0 Å². The molecule has 0 aliphatic carbocycles. The van der Waals surface area contributed by atoms with Crippen molar-refractivity contribution in [2.24, 2.45) is 0 Å². The molecule has 0 aliphatic heterocycles. The summed E-state index contributed by atoms with van der Waals surface area (Å²) in [7, 11) is 0. The van der Waals surface area contributed by atoms with Crippen molar-refractivity contribution < 1.29 is 4.42 Å². The molecule has 1 aromatic heterocycles. The van der Waals surface area contributed by atoms with Crippen LogP contribution in [0.5, 0.6) is 0 Å². The molecule has 1 N–H and O–H groups in total. The van der Waals surface area contributed by atoms with Gasteiger partial charge in [-0.1, -0.05) is 6.92 Å². The van der Waals surface area contributed by atoms with Gasteiger partial charge in [0, 0.05) is 6.42 Å². The first kappa shape index (κ1) is 7.16. The standard InChI is InChI=1S/C9H9N2O/c1-2-9-11-7-5-6(10)3-4-8(7)12-9/h3-5,10H,2H2,1H3. The van der Waals surface area contributed by atoms with Gasteiger partial charge in [-0.2, -0.15) is 0 Å². The number of nitrogens with zero attached hydrogens (tertiary/aromatic N) is 1. The van der Waals surface area contributed by atoms with E-state index in [1.54, 1.807) is 18.2 Å². The molecule has 0 saturated carbocycles. The predicted octanol–water partition coefficient (Wildman–Crippen LogP) is 2.30. The normalized spacial score (nSPS) is 10.8. The molecule has 0 saturated heterocycles. The van der Waals surface area contributed by atoms with Crippen molar-refractivity contribution in [3.8, 4) is 0 Å². The van der Waals surface area contributed by atoms with Gasteiger partial charge in [-0.05, 0) is 18.2 Å². The summed E-state index contributed by atoms with van der Waals surface area (Å²) in [6.07, 6.45) is 0.794. The van der Waals surface area contributed by atoms with E-state index in [4.69, 9.17) is 10.2 Å². The Kier molecular flexibility index (Phi) is 1.50. The first-order valence-corrected chi connectivity index (χ1v) is 3.90. The maximum absolute atomic E-state index is 7.36. The van der Waals surface area contributed by atoms with Gasteiger partial charge in [0.2, 0.25) is 0 Å². The van der Waals surface area contributed by atoms with Gasteiger partial charge < -0.3 is 10.2 Å². The Morgan fingerprint density at radius 3 is 3.08 bits per heavy atom. The van der Waals surface area contributed by atoms with Crippen molar-refractivity contribution in [2.75, 3.05) is 0 Å². The van der Waals surface area contributed by atoms with Gasteiger partial charge in [-0.15, -0.1) is 0 Å². The highest BCUT2D eigenvalue weighted by molar-refractivity contribution is 5.75. The summed E-state index contributed by atoms with van der Waals surface area (Å²) in [6.45, 7) is 1.99. The number of aryl methyl sites for hydroxylation is 1. The summed E-state index contributed by atoms with van der Waals surface area (Å²) in [4.78, 5) is 4.21. The first-order chi connectivity index (χ1) is 5.79. The number of nitrogens with one attached hydrogen (secondary N) is 1. The van der Waals surface area contributed by atoms with Gasteiger partial charge in [0.05, 0.1) is 5.69 Å². The minimum Gasteiger partial charge on any atom is -0.441 e. The molecule has 0 atom stereocenters. The minimum absolute atomic E-state index is 0.471. The first-order valence-electron chi connectivity index (χ1n) is 3.90. The van der Waals surface area contributed by atoms with Crippen LogP contribution in [0.1, 0.15) is 12.8 Å². The van der Waals surface area contributed by atoms with E-state index in [1.807, 2.05) is 6.92 Å². The summed E-state index contributed by atoms with van der Waals surface area (Å²) in [5, 5.41) is 0. The van der Waals surface area contributed by atoms with Gasteiger partial charge in [0.1, 0.15) is 5.52 Å². The lowest BCUT2D eigenvalue weighted by molar-refractivity contribution is 0.538. The molecule has 12 heavy (non-hydrogen) atoms. The molecule has 1 aromatic carbocycles. The van der Waals surface area contributed by atoms with Crippen LogP contribution in [0.4, 0.5) is 5.69 Å². The van der Waals surface area contributed by atoms with Crippen molar-refractivity contribution in [3.63, 3.8) is 0 Å². The third-order valence-electron chi connectivity index (χ3n) is 1.73. The Morgan fingerprint density at radius 1 is 1.50 bits per heavy atom. The smallest absolute Gasteiger partial charge is 0.195 e. The van der Waals surface area contributed by atoms with E-state index in [2.05, 4.69) is 4.98 Å². The summed E-state index contributed by atoms with van der Waals surface area (Å²) in [5.74, 6) is 0.732. The topological polar surface area (TPSA) is 49.8 Å². The van der Waals surface area contributed by atoms with E-state index in [-0.39, 0.29) is 0 Å². The molecular weight excluding hydrogens is 152 g/mol. The van der Waals surface area contributed by atoms with E-state index < -0.39 is 0 Å². The third-order valence-corrected chi connectivity index (χ3v) is 1.73.